The van der Waals surface area contributed by atoms with E-state index in [1.54, 1.807) is 0 Å². The van der Waals surface area contributed by atoms with Crippen LogP contribution in [-0.4, -0.2) is 47.9 Å². The van der Waals surface area contributed by atoms with Gasteiger partial charge in [-0.3, -0.25) is 4.79 Å². The van der Waals surface area contributed by atoms with Gasteiger partial charge >= 0.3 is 6.03 Å². The van der Waals surface area contributed by atoms with Crippen LogP contribution in [-0.2, 0) is 4.79 Å². The molecule has 3 aliphatic rings. The molecule has 1 aliphatic heterocycles. The predicted molar refractivity (Wildman–Crippen MR) is 95.9 cm³/mol. The van der Waals surface area contributed by atoms with Crippen molar-refractivity contribution in [3.63, 3.8) is 0 Å². The molecule has 3 amide bonds. The zero-order valence-electron chi connectivity index (χ0n) is 14.7. The van der Waals surface area contributed by atoms with Crippen LogP contribution < -0.4 is 5.32 Å². The maximum Gasteiger partial charge on any atom is 0.317 e. The van der Waals surface area contributed by atoms with Crippen LogP contribution in [0, 0.1) is 11.8 Å². The second-order valence-corrected chi connectivity index (χ2v) is 7.62. The number of carbonyl (C=O) groups is 2. The first-order valence-corrected chi connectivity index (χ1v) is 9.61. The fourth-order valence-electron chi connectivity index (χ4n) is 3.72. The van der Waals surface area contributed by atoms with Crippen molar-refractivity contribution in [2.75, 3.05) is 26.2 Å². The van der Waals surface area contributed by atoms with E-state index < -0.39 is 0 Å². The van der Waals surface area contributed by atoms with Gasteiger partial charge in [-0.05, 0) is 43.6 Å². The number of hydrogen-bond acceptors (Lipinski definition) is 2. The van der Waals surface area contributed by atoms with Gasteiger partial charge in [-0.2, -0.15) is 0 Å². The Morgan fingerprint density at radius 3 is 2.28 bits per heavy atom. The van der Waals surface area contributed by atoms with E-state index in [-0.39, 0.29) is 18.0 Å². The largest absolute Gasteiger partial charge is 0.341 e. The van der Waals surface area contributed by atoms with Crippen molar-refractivity contribution in [1.82, 2.24) is 15.1 Å². The Bertz CT molecular complexity index is 625. The van der Waals surface area contributed by atoms with E-state index in [1.807, 2.05) is 28.0 Å². The van der Waals surface area contributed by atoms with Gasteiger partial charge in [0.25, 0.3) is 0 Å². The van der Waals surface area contributed by atoms with Crippen molar-refractivity contribution < 1.29 is 9.59 Å². The summed E-state index contributed by atoms with van der Waals surface area (Å²) in [6, 6.07) is 10.4. The summed E-state index contributed by atoms with van der Waals surface area (Å²) >= 11 is 0. The summed E-state index contributed by atoms with van der Waals surface area (Å²) in [7, 11) is 0. The minimum atomic E-state index is 0.0153. The second-order valence-electron chi connectivity index (χ2n) is 7.62. The van der Waals surface area contributed by atoms with Crippen LogP contribution in [0.3, 0.4) is 0 Å². The van der Waals surface area contributed by atoms with E-state index in [9.17, 15) is 9.59 Å². The minimum Gasteiger partial charge on any atom is -0.341 e. The molecule has 25 heavy (non-hydrogen) atoms. The molecule has 1 N–H and O–H groups in total. The Hall–Kier alpha value is -2.04. The fourth-order valence-corrected chi connectivity index (χ4v) is 3.72. The van der Waals surface area contributed by atoms with Gasteiger partial charge in [0.2, 0.25) is 5.91 Å². The molecule has 0 radical (unpaired) electrons. The Morgan fingerprint density at radius 1 is 0.920 bits per heavy atom. The third kappa shape index (κ3) is 3.97. The van der Waals surface area contributed by atoms with E-state index >= 15 is 0 Å². The molecule has 2 saturated carbocycles. The lowest BCUT2D eigenvalue weighted by Crippen LogP contribution is -2.44. The Morgan fingerprint density at radius 2 is 1.60 bits per heavy atom. The van der Waals surface area contributed by atoms with Gasteiger partial charge in [0.05, 0.1) is 6.04 Å². The van der Waals surface area contributed by atoms with Crippen LogP contribution in [0.15, 0.2) is 30.3 Å². The maximum absolute atomic E-state index is 12.8. The van der Waals surface area contributed by atoms with Crippen molar-refractivity contribution in [1.29, 1.82) is 0 Å². The molecule has 0 unspecified atom stereocenters. The van der Waals surface area contributed by atoms with Crippen LogP contribution in [0.2, 0.25) is 0 Å². The van der Waals surface area contributed by atoms with Crippen molar-refractivity contribution in [2.45, 2.75) is 38.1 Å². The zero-order valence-corrected chi connectivity index (χ0v) is 14.7. The molecule has 5 nitrogen and oxygen atoms in total. The van der Waals surface area contributed by atoms with Gasteiger partial charge in [0.15, 0.2) is 0 Å². The quantitative estimate of drug-likeness (QED) is 0.915. The third-order valence-electron chi connectivity index (χ3n) is 5.55. The Labute approximate surface area is 149 Å². The predicted octanol–water partition coefficient (Wildman–Crippen LogP) is 2.79. The molecule has 1 saturated heterocycles. The molecule has 2 aliphatic carbocycles. The average Bonchev–Trinajstić information content (AvgIpc) is 3.53. The Balaban J connectivity index is 1.36. The number of rotatable bonds is 4. The monoisotopic (exact) mass is 341 g/mol. The molecule has 1 atom stereocenters. The Kier molecular flexibility index (Phi) is 4.64. The van der Waals surface area contributed by atoms with Gasteiger partial charge in [0.1, 0.15) is 0 Å². The number of urea groups is 1. The topological polar surface area (TPSA) is 52.7 Å². The number of hydrogen-bond donors (Lipinski definition) is 1. The van der Waals surface area contributed by atoms with Crippen LogP contribution in [0.25, 0.3) is 0 Å². The lowest BCUT2D eigenvalue weighted by Gasteiger charge is -2.26. The molecule has 134 valence electrons. The number of nitrogens with one attached hydrogen (secondary N) is 1. The third-order valence-corrected chi connectivity index (χ3v) is 5.55. The van der Waals surface area contributed by atoms with Crippen molar-refractivity contribution >= 4 is 11.9 Å². The van der Waals surface area contributed by atoms with E-state index in [0.29, 0.717) is 24.9 Å². The lowest BCUT2D eigenvalue weighted by molar-refractivity contribution is -0.132. The molecule has 1 aromatic rings. The maximum atomic E-state index is 12.8. The molecule has 1 heterocycles. The SMILES string of the molecule is O=C(N[C@@H](c1ccccc1)C1CC1)N1CCCN(C(=O)C2CC2)CC1. The van der Waals surface area contributed by atoms with Crippen LogP contribution in [0.5, 0.6) is 0 Å². The van der Waals surface area contributed by atoms with E-state index in [0.717, 1.165) is 32.4 Å². The number of carbonyl (C=O) groups excluding carboxylic acids is 2. The van der Waals surface area contributed by atoms with Crippen LogP contribution >= 0.6 is 0 Å². The highest BCUT2D eigenvalue weighted by molar-refractivity contribution is 5.81. The summed E-state index contributed by atoms with van der Waals surface area (Å²) in [5, 5.41) is 3.26. The van der Waals surface area contributed by atoms with Gasteiger partial charge in [-0.25, -0.2) is 4.79 Å². The highest BCUT2D eigenvalue weighted by Crippen LogP contribution is 2.41. The molecule has 4 rings (SSSR count). The van der Waals surface area contributed by atoms with Crippen molar-refractivity contribution in [2.24, 2.45) is 11.8 Å². The molecule has 0 aromatic heterocycles. The summed E-state index contributed by atoms with van der Waals surface area (Å²) in [4.78, 5) is 28.9. The molecule has 5 heteroatoms. The van der Waals surface area contributed by atoms with E-state index in [2.05, 4.69) is 17.4 Å². The minimum absolute atomic E-state index is 0.0153. The highest BCUT2D eigenvalue weighted by atomic mass is 16.2. The van der Waals surface area contributed by atoms with Gasteiger partial charge < -0.3 is 15.1 Å². The van der Waals surface area contributed by atoms with Gasteiger partial charge in [-0.15, -0.1) is 0 Å². The highest BCUT2D eigenvalue weighted by Gasteiger charge is 2.36. The zero-order chi connectivity index (χ0) is 17.2. The van der Waals surface area contributed by atoms with Crippen LogP contribution in [0.1, 0.15) is 43.7 Å². The summed E-state index contributed by atoms with van der Waals surface area (Å²) < 4.78 is 0. The lowest BCUT2D eigenvalue weighted by atomic mass is 10.0. The standard InChI is InChI=1S/C20H27N3O2/c24-19(17-9-10-17)22-11-4-12-23(14-13-22)20(25)21-18(16-7-8-16)15-5-2-1-3-6-15/h1-3,5-6,16-18H,4,7-14H2,(H,21,25)/t18-/m0/s1. The molecular formula is C20H27N3O2. The first-order valence-electron chi connectivity index (χ1n) is 9.61. The fraction of sp³-hybridized carbons (Fsp3) is 0.600. The van der Waals surface area contributed by atoms with E-state index in [4.69, 9.17) is 0 Å². The molecular weight excluding hydrogens is 314 g/mol. The van der Waals surface area contributed by atoms with Crippen LogP contribution in [0.4, 0.5) is 4.79 Å². The van der Waals surface area contributed by atoms with E-state index in [1.165, 1.54) is 18.4 Å². The van der Waals surface area contributed by atoms with Gasteiger partial charge in [0, 0.05) is 32.1 Å². The summed E-state index contributed by atoms with van der Waals surface area (Å²) in [5.41, 5.74) is 1.19. The normalized spacial score (nSPS) is 22.2. The smallest absolute Gasteiger partial charge is 0.317 e. The van der Waals surface area contributed by atoms with Gasteiger partial charge in [-0.1, -0.05) is 30.3 Å². The summed E-state index contributed by atoms with van der Waals surface area (Å²) in [6.45, 7) is 2.81. The molecule has 0 bridgehead atoms. The molecule has 0 spiro atoms. The summed E-state index contributed by atoms with van der Waals surface area (Å²) in [5.74, 6) is 1.12. The summed E-state index contributed by atoms with van der Waals surface area (Å²) in [6.07, 6.45) is 5.32. The number of nitrogens with zero attached hydrogens (tertiary/aromatic N) is 2. The molecule has 3 fully saturated rings. The number of benzene rings is 1. The first kappa shape index (κ1) is 16.4. The first-order chi connectivity index (χ1) is 12.2. The molecule has 1 aromatic carbocycles. The van der Waals surface area contributed by atoms with Crippen molar-refractivity contribution in [3.05, 3.63) is 35.9 Å². The second kappa shape index (κ2) is 7.06. The number of amides is 3. The van der Waals surface area contributed by atoms with Crippen molar-refractivity contribution in [3.8, 4) is 0 Å². The average molecular weight is 341 g/mol.